The van der Waals surface area contributed by atoms with Gasteiger partial charge in [-0.2, -0.15) is 0 Å². The Labute approximate surface area is 293 Å². The number of nitrogens with one attached hydrogen (secondary N) is 4. The van der Waals surface area contributed by atoms with Crippen molar-refractivity contribution in [3.05, 3.63) is 83.4 Å². The van der Waals surface area contributed by atoms with Crippen molar-refractivity contribution in [1.29, 1.82) is 0 Å². The molecule has 0 aliphatic heterocycles. The summed E-state index contributed by atoms with van der Waals surface area (Å²) in [7, 11) is 0. The minimum absolute atomic E-state index is 0.0580. The first-order chi connectivity index (χ1) is 23.3. The van der Waals surface area contributed by atoms with Gasteiger partial charge in [0.15, 0.2) is 6.17 Å². The van der Waals surface area contributed by atoms with E-state index in [1.165, 1.54) is 51.4 Å². The lowest BCUT2D eigenvalue weighted by Crippen LogP contribution is -2.51. The van der Waals surface area contributed by atoms with Gasteiger partial charge in [-0.1, -0.05) is 113 Å². The van der Waals surface area contributed by atoms with Crippen LogP contribution in [0.25, 0.3) is 0 Å². The zero-order valence-corrected chi connectivity index (χ0v) is 29.8. The van der Waals surface area contributed by atoms with Gasteiger partial charge in [0.25, 0.3) is 5.91 Å². The van der Waals surface area contributed by atoms with Crippen LogP contribution in [0.2, 0.25) is 5.02 Å². The maximum absolute atomic E-state index is 13.1. The highest BCUT2D eigenvalue weighted by molar-refractivity contribution is 6.30. The van der Waals surface area contributed by atoms with Crippen molar-refractivity contribution in [3.63, 3.8) is 0 Å². The second-order valence-corrected chi connectivity index (χ2v) is 12.7. The lowest BCUT2D eigenvalue weighted by molar-refractivity contribution is -0.128. The van der Waals surface area contributed by atoms with Gasteiger partial charge < -0.3 is 26.0 Å². The molecule has 0 aromatic heterocycles. The molecule has 264 valence electrons. The van der Waals surface area contributed by atoms with Crippen molar-refractivity contribution >= 4 is 35.0 Å². The molecule has 0 aliphatic carbocycles. The first-order valence-electron chi connectivity index (χ1n) is 17.7. The van der Waals surface area contributed by atoms with Crippen LogP contribution in [0, 0.1) is 0 Å². The number of hydrogen-bond donors (Lipinski definition) is 4. The highest BCUT2D eigenvalue weighted by Crippen LogP contribution is 2.17. The Morgan fingerprint density at radius 2 is 1.52 bits per heavy atom. The summed E-state index contributed by atoms with van der Waals surface area (Å²) in [4.78, 5) is 38.1. The number of rotatable bonds is 26. The summed E-state index contributed by atoms with van der Waals surface area (Å²) < 4.78 is 5.83. The summed E-state index contributed by atoms with van der Waals surface area (Å²) in [5.74, 6) is 0.0391. The van der Waals surface area contributed by atoms with Crippen molar-refractivity contribution in [2.45, 2.75) is 110 Å². The summed E-state index contributed by atoms with van der Waals surface area (Å²) in [6, 6.07) is 14.2. The third-order valence-corrected chi connectivity index (χ3v) is 8.11. The molecule has 0 aliphatic rings. The molecule has 0 bridgehead atoms. The number of anilines is 1. The van der Waals surface area contributed by atoms with Gasteiger partial charge in [0.2, 0.25) is 11.8 Å². The van der Waals surface area contributed by atoms with Gasteiger partial charge in [-0.15, -0.1) is 0 Å². The predicted octanol–water partition coefficient (Wildman–Crippen LogP) is 8.27. The van der Waals surface area contributed by atoms with Gasteiger partial charge >= 0.3 is 0 Å². The lowest BCUT2D eigenvalue weighted by atomic mass is 10.1. The summed E-state index contributed by atoms with van der Waals surface area (Å²) in [6.45, 7) is 9.48. The second-order valence-electron chi connectivity index (χ2n) is 12.2. The summed E-state index contributed by atoms with van der Waals surface area (Å²) in [5.41, 5.74) is 2.47. The normalized spacial score (nSPS) is 11.8. The summed E-state index contributed by atoms with van der Waals surface area (Å²) in [5, 5.41) is 12.4. The Morgan fingerprint density at radius 1 is 0.833 bits per heavy atom. The molecule has 0 saturated carbocycles. The standard InChI is InChI=1S/C39H57ClN4O4/c1-4-6-7-8-9-10-11-12-13-14-26-41-36(45)20-16-28-48-35-23-21-34(22-24-35)43-38(39(47)42-27-25-31(3)17-5-2)44-37(46)30-32-18-15-19-33(40)29-32/h5,15,17-19,21-24,29,38,43H,2,4,6-14,16,20,25-28,30H2,1,3H3,(H,41,45)(H,42,47)(H,44,46)/b31-17+. The number of amides is 3. The Morgan fingerprint density at radius 3 is 2.19 bits per heavy atom. The number of halogens is 1. The number of hydrogen-bond acceptors (Lipinski definition) is 5. The van der Waals surface area contributed by atoms with Crippen molar-refractivity contribution in [3.8, 4) is 5.75 Å². The van der Waals surface area contributed by atoms with Gasteiger partial charge in [0.05, 0.1) is 13.0 Å². The first kappa shape index (κ1) is 40.4. The molecular weight excluding hydrogens is 624 g/mol. The number of carbonyl (C=O) groups excluding carboxylic acids is 3. The average molecular weight is 681 g/mol. The van der Waals surface area contributed by atoms with Crippen molar-refractivity contribution in [2.24, 2.45) is 0 Å². The van der Waals surface area contributed by atoms with Crippen molar-refractivity contribution in [1.82, 2.24) is 16.0 Å². The van der Waals surface area contributed by atoms with E-state index in [1.807, 2.05) is 19.1 Å². The minimum atomic E-state index is -0.994. The highest BCUT2D eigenvalue weighted by Gasteiger charge is 2.21. The molecule has 2 rings (SSSR count). The van der Waals surface area contributed by atoms with Crippen LogP contribution in [0.4, 0.5) is 5.69 Å². The molecular formula is C39H57ClN4O4. The van der Waals surface area contributed by atoms with Gasteiger partial charge in [-0.05, 0) is 68.1 Å². The third-order valence-electron chi connectivity index (χ3n) is 7.88. The molecule has 0 saturated heterocycles. The van der Waals surface area contributed by atoms with Crippen LogP contribution in [-0.2, 0) is 20.8 Å². The first-order valence-corrected chi connectivity index (χ1v) is 18.0. The van der Waals surface area contributed by atoms with Gasteiger partial charge in [-0.3, -0.25) is 14.4 Å². The van der Waals surface area contributed by atoms with E-state index in [9.17, 15) is 14.4 Å². The maximum atomic E-state index is 13.1. The molecule has 4 N–H and O–H groups in total. The number of unbranched alkanes of at least 4 members (excludes halogenated alkanes) is 9. The van der Waals surface area contributed by atoms with Crippen LogP contribution in [0.3, 0.4) is 0 Å². The predicted molar refractivity (Wildman–Crippen MR) is 198 cm³/mol. The Balaban J connectivity index is 1.73. The van der Waals surface area contributed by atoms with Gasteiger partial charge in [-0.25, -0.2) is 0 Å². The zero-order valence-electron chi connectivity index (χ0n) is 29.1. The van der Waals surface area contributed by atoms with Crippen LogP contribution in [0.1, 0.15) is 103 Å². The van der Waals surface area contributed by atoms with Crippen LogP contribution < -0.4 is 26.0 Å². The monoisotopic (exact) mass is 680 g/mol. The van der Waals surface area contributed by atoms with Crippen molar-refractivity contribution < 1.29 is 19.1 Å². The van der Waals surface area contributed by atoms with Crippen LogP contribution in [0.15, 0.2) is 72.8 Å². The van der Waals surface area contributed by atoms with Gasteiger partial charge in [0, 0.05) is 30.2 Å². The summed E-state index contributed by atoms with van der Waals surface area (Å²) in [6.07, 6.45) is 17.2. The molecule has 0 spiro atoms. The lowest BCUT2D eigenvalue weighted by Gasteiger charge is -2.21. The molecule has 9 heteroatoms. The number of ether oxygens (including phenoxy) is 1. The smallest absolute Gasteiger partial charge is 0.263 e. The Kier molecular flexibility index (Phi) is 21.3. The third kappa shape index (κ3) is 19.1. The van der Waals surface area contributed by atoms with E-state index in [0.717, 1.165) is 30.5 Å². The Hall–Kier alpha value is -3.78. The Bertz CT molecular complexity index is 1260. The van der Waals surface area contributed by atoms with Crippen LogP contribution in [0.5, 0.6) is 5.75 Å². The number of carbonyl (C=O) groups is 3. The largest absolute Gasteiger partial charge is 0.494 e. The molecule has 1 unspecified atom stereocenters. The highest BCUT2D eigenvalue weighted by atomic mass is 35.5. The number of benzene rings is 2. The van der Waals surface area contributed by atoms with E-state index in [1.54, 1.807) is 48.5 Å². The molecule has 0 heterocycles. The molecule has 3 amide bonds. The average Bonchev–Trinajstić information content (AvgIpc) is 3.06. The molecule has 1 atom stereocenters. The van der Waals surface area contributed by atoms with Crippen molar-refractivity contribution in [2.75, 3.05) is 25.0 Å². The van der Waals surface area contributed by atoms with E-state index in [-0.39, 0.29) is 24.1 Å². The molecule has 0 radical (unpaired) electrons. The van der Waals surface area contributed by atoms with E-state index in [0.29, 0.717) is 48.9 Å². The molecule has 2 aromatic rings. The SMILES string of the molecule is C=C/C=C(\C)CCNC(=O)C(NC(=O)Cc1cccc(Cl)c1)Nc1ccc(OCCCC(=O)NCCCCCCCCCCCC)cc1. The minimum Gasteiger partial charge on any atom is -0.494 e. The van der Waals surface area contributed by atoms with Gasteiger partial charge in [0.1, 0.15) is 5.75 Å². The summed E-state index contributed by atoms with van der Waals surface area (Å²) >= 11 is 6.07. The zero-order chi connectivity index (χ0) is 34.8. The quantitative estimate of drug-likeness (QED) is 0.0454. The van der Waals surface area contributed by atoms with E-state index in [4.69, 9.17) is 16.3 Å². The van der Waals surface area contributed by atoms with E-state index in [2.05, 4.69) is 34.8 Å². The second kappa shape index (κ2) is 25.3. The van der Waals surface area contributed by atoms with E-state index >= 15 is 0 Å². The fourth-order valence-electron chi connectivity index (χ4n) is 5.15. The van der Waals surface area contributed by atoms with E-state index < -0.39 is 6.17 Å². The van der Waals surface area contributed by atoms with Crippen LogP contribution in [-0.4, -0.2) is 43.6 Å². The fraction of sp³-hybridized carbons (Fsp3) is 0.513. The van der Waals surface area contributed by atoms with Crippen LogP contribution >= 0.6 is 11.6 Å². The topological polar surface area (TPSA) is 109 Å². The fourth-order valence-corrected chi connectivity index (χ4v) is 5.36. The molecule has 48 heavy (non-hydrogen) atoms. The molecule has 8 nitrogen and oxygen atoms in total. The number of allylic oxidation sites excluding steroid dienone is 2. The molecule has 2 aromatic carbocycles. The molecule has 0 fully saturated rings. The maximum Gasteiger partial charge on any atom is 0.263 e.